The zero-order valence-corrected chi connectivity index (χ0v) is 11.2. The number of halogens is 2. The van der Waals surface area contributed by atoms with Crippen LogP contribution in [0.25, 0.3) is 0 Å². The molecule has 0 heterocycles. The van der Waals surface area contributed by atoms with Crippen molar-refractivity contribution in [3.05, 3.63) is 53.3 Å². The number of ether oxygens (including phenoxy) is 1. The van der Waals surface area contributed by atoms with Crippen LogP contribution in [0.1, 0.15) is 0 Å². The number of benzene rings is 2. The van der Waals surface area contributed by atoms with E-state index in [1.807, 2.05) is 0 Å². The fraction of sp³-hybridized carbons (Fsp3) is 0.0714. The SMILES string of the molecule is Nc1ccc(OCC(=O)Nc2ccccc2F)c(Cl)c1. The van der Waals surface area contributed by atoms with Crippen LogP contribution in [0.3, 0.4) is 0 Å². The van der Waals surface area contributed by atoms with Crippen LogP contribution in [-0.4, -0.2) is 12.5 Å². The summed E-state index contributed by atoms with van der Waals surface area (Å²) in [6.07, 6.45) is 0. The molecule has 0 saturated carbocycles. The van der Waals surface area contributed by atoms with Gasteiger partial charge in [-0.1, -0.05) is 23.7 Å². The summed E-state index contributed by atoms with van der Waals surface area (Å²) in [5.41, 5.74) is 6.14. The molecular formula is C14H12ClFN2O2. The van der Waals surface area contributed by atoms with Crippen molar-refractivity contribution in [1.82, 2.24) is 0 Å². The van der Waals surface area contributed by atoms with Crippen molar-refractivity contribution in [3.63, 3.8) is 0 Å². The molecule has 0 radical (unpaired) electrons. The molecule has 0 fully saturated rings. The second-order valence-corrected chi connectivity index (χ2v) is 4.41. The molecule has 2 aromatic rings. The van der Waals surface area contributed by atoms with Crippen molar-refractivity contribution < 1.29 is 13.9 Å². The number of hydrogen-bond acceptors (Lipinski definition) is 3. The lowest BCUT2D eigenvalue weighted by molar-refractivity contribution is -0.118. The molecule has 20 heavy (non-hydrogen) atoms. The van der Waals surface area contributed by atoms with Crippen molar-refractivity contribution in [1.29, 1.82) is 0 Å². The summed E-state index contributed by atoms with van der Waals surface area (Å²) in [6.45, 7) is -0.280. The van der Waals surface area contributed by atoms with Gasteiger partial charge in [-0.3, -0.25) is 4.79 Å². The summed E-state index contributed by atoms with van der Waals surface area (Å²) in [7, 11) is 0. The Morgan fingerprint density at radius 2 is 2.05 bits per heavy atom. The molecule has 6 heteroatoms. The highest BCUT2D eigenvalue weighted by Crippen LogP contribution is 2.26. The molecule has 3 N–H and O–H groups in total. The number of para-hydroxylation sites is 1. The number of amides is 1. The maximum atomic E-state index is 13.3. The zero-order chi connectivity index (χ0) is 14.5. The first-order valence-corrected chi connectivity index (χ1v) is 6.16. The maximum absolute atomic E-state index is 13.3. The van der Waals surface area contributed by atoms with Gasteiger partial charge in [0.15, 0.2) is 6.61 Å². The third-order valence-corrected chi connectivity index (χ3v) is 2.76. The molecule has 104 valence electrons. The van der Waals surface area contributed by atoms with Crippen molar-refractivity contribution in [2.75, 3.05) is 17.7 Å². The normalized spacial score (nSPS) is 10.1. The van der Waals surface area contributed by atoms with Crippen LogP contribution >= 0.6 is 11.6 Å². The molecule has 0 bridgehead atoms. The Morgan fingerprint density at radius 1 is 1.30 bits per heavy atom. The number of hydrogen-bond donors (Lipinski definition) is 2. The molecular weight excluding hydrogens is 283 g/mol. The largest absolute Gasteiger partial charge is 0.482 e. The van der Waals surface area contributed by atoms with Crippen LogP contribution in [0.4, 0.5) is 15.8 Å². The topological polar surface area (TPSA) is 64.3 Å². The molecule has 0 aliphatic rings. The van der Waals surface area contributed by atoms with Crippen molar-refractivity contribution >= 4 is 28.9 Å². The molecule has 0 spiro atoms. The fourth-order valence-corrected chi connectivity index (χ4v) is 1.77. The van der Waals surface area contributed by atoms with E-state index in [-0.39, 0.29) is 12.3 Å². The summed E-state index contributed by atoms with van der Waals surface area (Å²) >= 11 is 5.90. The van der Waals surface area contributed by atoms with E-state index in [9.17, 15) is 9.18 Å². The van der Waals surface area contributed by atoms with E-state index in [2.05, 4.69) is 5.32 Å². The van der Waals surface area contributed by atoms with Crippen LogP contribution < -0.4 is 15.8 Å². The van der Waals surface area contributed by atoms with Gasteiger partial charge in [-0.05, 0) is 30.3 Å². The summed E-state index contributed by atoms with van der Waals surface area (Å²) in [6, 6.07) is 10.6. The molecule has 0 saturated heterocycles. The van der Waals surface area contributed by atoms with Gasteiger partial charge in [-0.15, -0.1) is 0 Å². The van der Waals surface area contributed by atoms with Gasteiger partial charge < -0.3 is 15.8 Å². The Bertz CT molecular complexity index is 634. The average molecular weight is 295 g/mol. The molecule has 0 aliphatic heterocycles. The Hall–Kier alpha value is -2.27. The standard InChI is InChI=1S/C14H12ClFN2O2/c15-10-7-9(17)5-6-13(10)20-8-14(19)18-12-4-2-1-3-11(12)16/h1-7H,8,17H2,(H,18,19). The molecule has 0 atom stereocenters. The first-order chi connectivity index (χ1) is 9.56. The molecule has 2 aromatic carbocycles. The smallest absolute Gasteiger partial charge is 0.262 e. The second kappa shape index (κ2) is 6.25. The third-order valence-electron chi connectivity index (χ3n) is 2.46. The van der Waals surface area contributed by atoms with E-state index in [0.717, 1.165) is 0 Å². The molecule has 4 nitrogen and oxygen atoms in total. The lowest BCUT2D eigenvalue weighted by Gasteiger charge is -2.09. The number of anilines is 2. The van der Waals surface area contributed by atoms with Crippen LogP contribution in [0.5, 0.6) is 5.75 Å². The average Bonchev–Trinajstić information content (AvgIpc) is 2.40. The van der Waals surface area contributed by atoms with Crippen molar-refractivity contribution in [3.8, 4) is 5.75 Å². The lowest BCUT2D eigenvalue weighted by Crippen LogP contribution is -2.20. The van der Waals surface area contributed by atoms with Crippen LogP contribution in [0.2, 0.25) is 5.02 Å². The summed E-state index contributed by atoms with van der Waals surface area (Å²) in [5.74, 6) is -0.654. The van der Waals surface area contributed by atoms with E-state index in [4.69, 9.17) is 22.1 Å². The lowest BCUT2D eigenvalue weighted by atomic mass is 10.3. The maximum Gasteiger partial charge on any atom is 0.262 e. The zero-order valence-electron chi connectivity index (χ0n) is 10.4. The van der Waals surface area contributed by atoms with E-state index in [1.165, 1.54) is 24.3 Å². The van der Waals surface area contributed by atoms with Gasteiger partial charge in [0.1, 0.15) is 11.6 Å². The minimum atomic E-state index is -0.508. The Kier molecular flexibility index (Phi) is 4.42. The first-order valence-electron chi connectivity index (χ1n) is 5.78. The van der Waals surface area contributed by atoms with E-state index in [0.29, 0.717) is 16.5 Å². The van der Waals surface area contributed by atoms with E-state index >= 15 is 0 Å². The Morgan fingerprint density at radius 3 is 2.75 bits per heavy atom. The highest BCUT2D eigenvalue weighted by atomic mass is 35.5. The molecule has 1 amide bonds. The van der Waals surface area contributed by atoms with Gasteiger partial charge in [0.25, 0.3) is 5.91 Å². The van der Waals surface area contributed by atoms with Crippen LogP contribution in [-0.2, 0) is 4.79 Å². The number of carbonyl (C=O) groups excluding carboxylic acids is 1. The predicted molar refractivity (Wildman–Crippen MR) is 76.4 cm³/mol. The quantitative estimate of drug-likeness (QED) is 0.852. The Labute approximate surface area is 120 Å². The molecule has 0 aromatic heterocycles. The number of carbonyl (C=O) groups is 1. The van der Waals surface area contributed by atoms with Gasteiger partial charge in [0.05, 0.1) is 10.7 Å². The first kappa shape index (κ1) is 14.1. The van der Waals surface area contributed by atoms with E-state index in [1.54, 1.807) is 18.2 Å². The highest BCUT2D eigenvalue weighted by Gasteiger charge is 2.08. The summed E-state index contributed by atoms with van der Waals surface area (Å²) < 4.78 is 18.6. The molecule has 0 unspecified atom stereocenters. The fourth-order valence-electron chi connectivity index (χ4n) is 1.53. The number of nitrogen functional groups attached to an aromatic ring is 1. The van der Waals surface area contributed by atoms with Gasteiger partial charge in [0, 0.05) is 5.69 Å². The predicted octanol–water partition coefficient (Wildman–Crippen LogP) is 3.08. The number of nitrogens with one attached hydrogen (secondary N) is 1. The third kappa shape index (κ3) is 3.61. The monoisotopic (exact) mass is 294 g/mol. The van der Waals surface area contributed by atoms with Gasteiger partial charge in [0.2, 0.25) is 0 Å². The van der Waals surface area contributed by atoms with Crippen molar-refractivity contribution in [2.45, 2.75) is 0 Å². The second-order valence-electron chi connectivity index (χ2n) is 4.01. The minimum absolute atomic E-state index is 0.101. The van der Waals surface area contributed by atoms with Gasteiger partial charge >= 0.3 is 0 Å². The number of nitrogens with two attached hydrogens (primary N) is 1. The van der Waals surface area contributed by atoms with Crippen LogP contribution in [0.15, 0.2) is 42.5 Å². The van der Waals surface area contributed by atoms with Crippen LogP contribution in [0, 0.1) is 5.82 Å². The molecule has 2 rings (SSSR count). The van der Waals surface area contributed by atoms with Gasteiger partial charge in [-0.25, -0.2) is 4.39 Å². The van der Waals surface area contributed by atoms with Gasteiger partial charge in [-0.2, -0.15) is 0 Å². The summed E-state index contributed by atoms with van der Waals surface area (Å²) in [4.78, 5) is 11.6. The van der Waals surface area contributed by atoms with Crippen molar-refractivity contribution in [2.24, 2.45) is 0 Å². The summed E-state index contributed by atoms with van der Waals surface area (Å²) in [5, 5.41) is 2.71. The highest BCUT2D eigenvalue weighted by molar-refractivity contribution is 6.32. The Balaban J connectivity index is 1.94. The van der Waals surface area contributed by atoms with E-state index < -0.39 is 11.7 Å². The molecule has 0 aliphatic carbocycles. The minimum Gasteiger partial charge on any atom is -0.482 e. The number of rotatable bonds is 4.